The van der Waals surface area contributed by atoms with Crippen LogP contribution in [0.3, 0.4) is 0 Å². The normalized spacial score (nSPS) is 26.0. The van der Waals surface area contributed by atoms with Crippen molar-refractivity contribution in [3.8, 4) is 0 Å². The van der Waals surface area contributed by atoms with Crippen LogP contribution in [0.25, 0.3) is 0 Å². The van der Waals surface area contributed by atoms with Crippen LogP contribution in [0, 0.1) is 0 Å². The highest BCUT2D eigenvalue weighted by Gasteiger charge is 2.18. The Labute approximate surface area is 74.6 Å². The highest BCUT2D eigenvalue weighted by Crippen LogP contribution is 2.11. The van der Waals surface area contributed by atoms with E-state index < -0.39 is 0 Å². The van der Waals surface area contributed by atoms with E-state index in [4.69, 9.17) is 9.47 Å². The lowest BCUT2D eigenvalue weighted by Crippen LogP contribution is -2.40. The molecule has 0 amide bonds. The van der Waals surface area contributed by atoms with Crippen molar-refractivity contribution in [1.29, 1.82) is 0 Å². The standard InChI is InChI=1S/C9H19NO2/c1-11-7-6-10-5-3-4-9(8-10)12-2/h9H,3-8H2,1-2H3. The van der Waals surface area contributed by atoms with Crippen molar-refractivity contribution in [2.75, 3.05) is 40.5 Å². The number of rotatable bonds is 4. The molecule has 0 saturated carbocycles. The minimum atomic E-state index is 0.440. The van der Waals surface area contributed by atoms with Crippen LogP contribution in [0.15, 0.2) is 0 Å². The molecule has 1 saturated heterocycles. The Morgan fingerprint density at radius 1 is 1.42 bits per heavy atom. The second-order valence-corrected chi connectivity index (χ2v) is 3.29. The van der Waals surface area contributed by atoms with Gasteiger partial charge >= 0.3 is 0 Å². The first-order valence-electron chi connectivity index (χ1n) is 4.61. The van der Waals surface area contributed by atoms with Crippen molar-refractivity contribution >= 4 is 0 Å². The van der Waals surface area contributed by atoms with Gasteiger partial charge < -0.3 is 9.47 Å². The summed E-state index contributed by atoms with van der Waals surface area (Å²) in [5.74, 6) is 0. The molecule has 1 rings (SSSR count). The molecule has 1 aliphatic heterocycles. The smallest absolute Gasteiger partial charge is 0.0698 e. The molecule has 12 heavy (non-hydrogen) atoms. The van der Waals surface area contributed by atoms with Gasteiger partial charge in [-0.15, -0.1) is 0 Å². The Hall–Kier alpha value is -0.120. The fourth-order valence-corrected chi connectivity index (χ4v) is 1.63. The van der Waals surface area contributed by atoms with E-state index in [1.54, 1.807) is 14.2 Å². The van der Waals surface area contributed by atoms with E-state index in [2.05, 4.69) is 4.90 Å². The minimum absolute atomic E-state index is 0.440. The van der Waals surface area contributed by atoms with Crippen LogP contribution < -0.4 is 0 Å². The molecule has 1 aliphatic rings. The molecule has 0 aromatic heterocycles. The lowest BCUT2D eigenvalue weighted by molar-refractivity contribution is 0.0226. The van der Waals surface area contributed by atoms with E-state index in [0.29, 0.717) is 6.10 Å². The Morgan fingerprint density at radius 3 is 2.92 bits per heavy atom. The van der Waals surface area contributed by atoms with Gasteiger partial charge in [0.1, 0.15) is 0 Å². The van der Waals surface area contributed by atoms with E-state index in [9.17, 15) is 0 Å². The molecule has 0 aromatic carbocycles. The van der Waals surface area contributed by atoms with Crippen LogP contribution in [0.1, 0.15) is 12.8 Å². The zero-order valence-corrected chi connectivity index (χ0v) is 8.08. The maximum atomic E-state index is 5.32. The fourth-order valence-electron chi connectivity index (χ4n) is 1.63. The second kappa shape index (κ2) is 5.51. The first-order chi connectivity index (χ1) is 5.86. The van der Waals surface area contributed by atoms with E-state index in [-0.39, 0.29) is 0 Å². The van der Waals surface area contributed by atoms with Crippen molar-refractivity contribution in [2.24, 2.45) is 0 Å². The molecule has 3 heteroatoms. The van der Waals surface area contributed by atoms with Crippen LogP contribution in [-0.2, 0) is 9.47 Å². The summed E-state index contributed by atoms with van der Waals surface area (Å²) in [5, 5.41) is 0. The topological polar surface area (TPSA) is 21.7 Å². The number of likely N-dealkylation sites (tertiary alicyclic amines) is 1. The van der Waals surface area contributed by atoms with Gasteiger partial charge in [-0.05, 0) is 19.4 Å². The van der Waals surface area contributed by atoms with E-state index in [0.717, 1.165) is 19.7 Å². The van der Waals surface area contributed by atoms with Gasteiger partial charge in [-0.2, -0.15) is 0 Å². The average Bonchev–Trinajstić information content (AvgIpc) is 2.15. The van der Waals surface area contributed by atoms with Gasteiger partial charge in [0.15, 0.2) is 0 Å². The molecule has 0 radical (unpaired) electrons. The molecule has 1 heterocycles. The largest absolute Gasteiger partial charge is 0.383 e. The zero-order valence-electron chi connectivity index (χ0n) is 8.08. The van der Waals surface area contributed by atoms with Crippen LogP contribution in [0.5, 0.6) is 0 Å². The maximum absolute atomic E-state index is 5.32. The lowest BCUT2D eigenvalue weighted by Gasteiger charge is -2.31. The summed E-state index contributed by atoms with van der Waals surface area (Å²) < 4.78 is 10.3. The summed E-state index contributed by atoms with van der Waals surface area (Å²) in [5.41, 5.74) is 0. The monoisotopic (exact) mass is 173 g/mol. The molecular weight excluding hydrogens is 154 g/mol. The fraction of sp³-hybridized carbons (Fsp3) is 1.00. The summed E-state index contributed by atoms with van der Waals surface area (Å²) in [6, 6.07) is 0. The predicted molar refractivity (Wildman–Crippen MR) is 48.3 cm³/mol. The first kappa shape index (κ1) is 9.96. The molecule has 1 fully saturated rings. The summed E-state index contributed by atoms with van der Waals surface area (Å²) in [7, 11) is 3.54. The van der Waals surface area contributed by atoms with Crippen molar-refractivity contribution in [3.05, 3.63) is 0 Å². The lowest BCUT2D eigenvalue weighted by atomic mass is 10.1. The van der Waals surface area contributed by atoms with Gasteiger partial charge in [0, 0.05) is 27.3 Å². The third kappa shape index (κ3) is 3.09. The van der Waals surface area contributed by atoms with Gasteiger partial charge in [-0.3, -0.25) is 4.90 Å². The van der Waals surface area contributed by atoms with Gasteiger partial charge in [-0.1, -0.05) is 0 Å². The van der Waals surface area contributed by atoms with E-state index in [1.807, 2.05) is 0 Å². The van der Waals surface area contributed by atoms with Crippen LogP contribution >= 0.6 is 0 Å². The summed E-state index contributed by atoms with van der Waals surface area (Å²) in [4.78, 5) is 2.40. The number of hydrogen-bond acceptors (Lipinski definition) is 3. The van der Waals surface area contributed by atoms with Crippen LogP contribution in [-0.4, -0.2) is 51.5 Å². The molecule has 0 bridgehead atoms. The molecule has 0 aliphatic carbocycles. The number of nitrogens with zero attached hydrogens (tertiary/aromatic N) is 1. The summed E-state index contributed by atoms with van der Waals surface area (Å²) in [6.45, 7) is 4.13. The van der Waals surface area contributed by atoms with Crippen molar-refractivity contribution in [2.45, 2.75) is 18.9 Å². The van der Waals surface area contributed by atoms with Crippen LogP contribution in [0.2, 0.25) is 0 Å². The molecule has 0 aromatic rings. The van der Waals surface area contributed by atoms with E-state index >= 15 is 0 Å². The zero-order chi connectivity index (χ0) is 8.81. The number of methoxy groups -OCH3 is 2. The highest BCUT2D eigenvalue weighted by molar-refractivity contribution is 4.72. The predicted octanol–water partition coefficient (Wildman–Crippen LogP) is 0.744. The number of hydrogen-bond donors (Lipinski definition) is 0. The van der Waals surface area contributed by atoms with Gasteiger partial charge in [-0.25, -0.2) is 0 Å². The molecule has 72 valence electrons. The SMILES string of the molecule is COCCN1CCCC(OC)C1. The van der Waals surface area contributed by atoms with Crippen LogP contribution in [0.4, 0.5) is 0 Å². The third-order valence-electron chi connectivity index (χ3n) is 2.41. The molecule has 0 N–H and O–H groups in total. The van der Waals surface area contributed by atoms with Gasteiger partial charge in [0.25, 0.3) is 0 Å². The number of piperidine rings is 1. The average molecular weight is 173 g/mol. The maximum Gasteiger partial charge on any atom is 0.0698 e. The Balaban J connectivity index is 2.16. The second-order valence-electron chi connectivity index (χ2n) is 3.29. The molecule has 1 unspecified atom stereocenters. The Kier molecular flexibility index (Phi) is 4.58. The summed E-state index contributed by atoms with van der Waals surface area (Å²) >= 11 is 0. The molecule has 3 nitrogen and oxygen atoms in total. The van der Waals surface area contributed by atoms with Crippen molar-refractivity contribution in [1.82, 2.24) is 4.90 Å². The van der Waals surface area contributed by atoms with Crippen molar-refractivity contribution < 1.29 is 9.47 Å². The number of ether oxygens (including phenoxy) is 2. The molecule has 0 spiro atoms. The van der Waals surface area contributed by atoms with Crippen molar-refractivity contribution in [3.63, 3.8) is 0 Å². The highest BCUT2D eigenvalue weighted by atomic mass is 16.5. The quantitative estimate of drug-likeness (QED) is 0.626. The Bertz CT molecular complexity index is 119. The van der Waals surface area contributed by atoms with E-state index in [1.165, 1.54) is 19.4 Å². The van der Waals surface area contributed by atoms with Gasteiger partial charge in [0.2, 0.25) is 0 Å². The third-order valence-corrected chi connectivity index (χ3v) is 2.41. The Morgan fingerprint density at radius 2 is 2.25 bits per heavy atom. The summed E-state index contributed by atoms with van der Waals surface area (Å²) in [6.07, 6.45) is 2.90. The molecular formula is C9H19NO2. The first-order valence-corrected chi connectivity index (χ1v) is 4.61. The van der Waals surface area contributed by atoms with Gasteiger partial charge in [0.05, 0.1) is 12.7 Å². The molecule has 1 atom stereocenters. The minimum Gasteiger partial charge on any atom is -0.383 e.